The average Bonchev–Trinajstić information content (AvgIpc) is 2.60. The molecular weight excluding hydrogens is 360 g/mol. The molecule has 0 aromatic heterocycles. The number of carboxylic acids is 2. The van der Waals surface area contributed by atoms with Crippen LogP contribution in [0.1, 0.15) is 40.0 Å². The quantitative estimate of drug-likeness (QED) is 0.231. The van der Waals surface area contributed by atoms with Crippen LogP contribution in [-0.4, -0.2) is 64.5 Å². The van der Waals surface area contributed by atoms with Crippen molar-refractivity contribution in [2.24, 2.45) is 11.7 Å². The number of amides is 3. The van der Waals surface area contributed by atoms with E-state index < -0.39 is 54.3 Å². The van der Waals surface area contributed by atoms with E-state index in [2.05, 4.69) is 16.0 Å². The van der Waals surface area contributed by atoms with Gasteiger partial charge in [0, 0.05) is 6.42 Å². The third kappa shape index (κ3) is 9.54. The highest BCUT2D eigenvalue weighted by Crippen LogP contribution is 2.08. The number of hydrogen-bond acceptors (Lipinski definition) is 6. The first-order valence-electron chi connectivity index (χ1n) is 8.57. The molecule has 0 rings (SSSR count). The van der Waals surface area contributed by atoms with Gasteiger partial charge in [-0.1, -0.05) is 20.3 Å². The standard InChI is InChI=1S/C16H28N4O7/c1-4-8(2)13(16(27)18-7-12(23)24)20-14(25)9(3)19-15(26)10(17)5-6-11(21)22/h8-10,13H,4-7,17H2,1-3H3,(H,18,27)(H,19,26)(H,20,25)(H,21,22)(H,23,24). The van der Waals surface area contributed by atoms with Crippen molar-refractivity contribution >= 4 is 29.7 Å². The van der Waals surface area contributed by atoms with Crippen LogP contribution < -0.4 is 21.7 Å². The minimum atomic E-state index is -1.21. The van der Waals surface area contributed by atoms with E-state index in [-0.39, 0.29) is 18.8 Å². The zero-order valence-corrected chi connectivity index (χ0v) is 15.7. The first-order valence-corrected chi connectivity index (χ1v) is 8.57. The highest BCUT2D eigenvalue weighted by molar-refractivity contribution is 5.93. The van der Waals surface area contributed by atoms with Crippen LogP contribution in [0, 0.1) is 5.92 Å². The van der Waals surface area contributed by atoms with E-state index in [0.29, 0.717) is 6.42 Å². The molecule has 7 N–H and O–H groups in total. The largest absolute Gasteiger partial charge is 0.481 e. The maximum atomic E-state index is 12.3. The first kappa shape index (κ1) is 24.3. The Labute approximate surface area is 157 Å². The van der Waals surface area contributed by atoms with Gasteiger partial charge in [0.25, 0.3) is 0 Å². The molecule has 11 nitrogen and oxygen atoms in total. The highest BCUT2D eigenvalue weighted by atomic mass is 16.4. The number of nitrogens with two attached hydrogens (primary N) is 1. The summed E-state index contributed by atoms with van der Waals surface area (Å²) in [6.07, 6.45) is 0.184. The smallest absolute Gasteiger partial charge is 0.322 e. The summed E-state index contributed by atoms with van der Waals surface area (Å²) in [5.41, 5.74) is 5.57. The van der Waals surface area contributed by atoms with Gasteiger partial charge in [-0.05, 0) is 19.3 Å². The van der Waals surface area contributed by atoms with Gasteiger partial charge in [-0.15, -0.1) is 0 Å². The summed E-state index contributed by atoms with van der Waals surface area (Å²) in [5.74, 6) is -4.56. The Morgan fingerprint density at radius 2 is 1.52 bits per heavy atom. The van der Waals surface area contributed by atoms with Crippen LogP contribution in [-0.2, 0) is 24.0 Å². The molecule has 11 heteroatoms. The number of aliphatic carboxylic acids is 2. The van der Waals surface area contributed by atoms with Gasteiger partial charge in [0.1, 0.15) is 18.6 Å². The number of nitrogens with one attached hydrogen (secondary N) is 3. The van der Waals surface area contributed by atoms with Crippen molar-refractivity contribution in [3.63, 3.8) is 0 Å². The molecule has 0 aliphatic carbocycles. The molecule has 0 aromatic rings. The predicted molar refractivity (Wildman–Crippen MR) is 94.5 cm³/mol. The number of hydrogen-bond donors (Lipinski definition) is 6. The monoisotopic (exact) mass is 388 g/mol. The molecule has 4 atom stereocenters. The van der Waals surface area contributed by atoms with Gasteiger partial charge in [0.05, 0.1) is 6.04 Å². The first-order chi connectivity index (χ1) is 12.5. The Bertz CT molecular complexity index is 567. The molecule has 0 aromatic carbocycles. The molecule has 0 spiro atoms. The zero-order chi connectivity index (χ0) is 21.1. The van der Waals surface area contributed by atoms with Crippen molar-refractivity contribution in [3.8, 4) is 0 Å². The van der Waals surface area contributed by atoms with Gasteiger partial charge >= 0.3 is 11.9 Å². The Morgan fingerprint density at radius 1 is 0.926 bits per heavy atom. The lowest BCUT2D eigenvalue weighted by Crippen LogP contribution is -2.56. The average molecular weight is 388 g/mol. The third-order valence-electron chi connectivity index (χ3n) is 3.97. The summed E-state index contributed by atoms with van der Waals surface area (Å²) in [6.45, 7) is 4.34. The topological polar surface area (TPSA) is 188 Å². The van der Waals surface area contributed by atoms with E-state index in [0.717, 1.165) is 0 Å². The van der Waals surface area contributed by atoms with Crippen LogP contribution in [0.2, 0.25) is 0 Å². The van der Waals surface area contributed by atoms with Gasteiger partial charge in [-0.2, -0.15) is 0 Å². The van der Waals surface area contributed by atoms with Gasteiger partial charge in [0.15, 0.2) is 0 Å². The second kappa shape index (κ2) is 11.8. The number of carbonyl (C=O) groups excluding carboxylic acids is 3. The van der Waals surface area contributed by atoms with Crippen molar-refractivity contribution in [1.29, 1.82) is 0 Å². The van der Waals surface area contributed by atoms with Gasteiger partial charge < -0.3 is 31.9 Å². The molecule has 0 fully saturated rings. The number of carbonyl (C=O) groups is 5. The minimum Gasteiger partial charge on any atom is -0.481 e. The number of carboxylic acid groups (broad SMARTS) is 2. The molecule has 0 bridgehead atoms. The molecule has 0 heterocycles. The second-order valence-corrected chi connectivity index (χ2v) is 6.25. The maximum Gasteiger partial charge on any atom is 0.322 e. The van der Waals surface area contributed by atoms with E-state index in [1.807, 2.05) is 0 Å². The molecule has 0 aliphatic rings. The van der Waals surface area contributed by atoms with Crippen LogP contribution in [0.15, 0.2) is 0 Å². The lowest BCUT2D eigenvalue weighted by molar-refractivity contribution is -0.139. The predicted octanol–water partition coefficient (Wildman–Crippen LogP) is -1.59. The summed E-state index contributed by atoms with van der Waals surface area (Å²) in [6, 6.07) is -3.07. The lowest BCUT2D eigenvalue weighted by atomic mass is 9.98. The van der Waals surface area contributed by atoms with Crippen molar-refractivity contribution in [3.05, 3.63) is 0 Å². The SMILES string of the molecule is CCC(C)C(NC(=O)C(C)NC(=O)C(N)CCC(=O)O)C(=O)NCC(=O)O. The summed E-state index contributed by atoms with van der Waals surface area (Å²) < 4.78 is 0. The maximum absolute atomic E-state index is 12.3. The Kier molecular flexibility index (Phi) is 10.7. The zero-order valence-electron chi connectivity index (χ0n) is 15.7. The van der Waals surface area contributed by atoms with E-state index in [1.54, 1.807) is 13.8 Å². The lowest BCUT2D eigenvalue weighted by Gasteiger charge is -2.25. The van der Waals surface area contributed by atoms with E-state index in [4.69, 9.17) is 15.9 Å². The summed E-state index contributed by atoms with van der Waals surface area (Å²) in [4.78, 5) is 57.4. The van der Waals surface area contributed by atoms with Gasteiger partial charge in [0.2, 0.25) is 17.7 Å². The molecule has 27 heavy (non-hydrogen) atoms. The van der Waals surface area contributed by atoms with Crippen molar-refractivity contribution in [1.82, 2.24) is 16.0 Å². The van der Waals surface area contributed by atoms with E-state index in [9.17, 15) is 24.0 Å². The van der Waals surface area contributed by atoms with Crippen molar-refractivity contribution < 1.29 is 34.2 Å². The minimum absolute atomic E-state index is 0.0808. The fourth-order valence-corrected chi connectivity index (χ4v) is 2.05. The van der Waals surface area contributed by atoms with Gasteiger partial charge in [-0.3, -0.25) is 24.0 Å². The molecule has 0 saturated heterocycles. The molecule has 4 unspecified atom stereocenters. The summed E-state index contributed by atoms with van der Waals surface area (Å²) in [5, 5.41) is 24.3. The van der Waals surface area contributed by atoms with Crippen LogP contribution in [0.3, 0.4) is 0 Å². The molecule has 3 amide bonds. The second-order valence-electron chi connectivity index (χ2n) is 6.25. The van der Waals surface area contributed by atoms with Crippen LogP contribution in [0.5, 0.6) is 0 Å². The van der Waals surface area contributed by atoms with E-state index >= 15 is 0 Å². The molecular formula is C16H28N4O7. The van der Waals surface area contributed by atoms with Crippen LogP contribution >= 0.6 is 0 Å². The highest BCUT2D eigenvalue weighted by Gasteiger charge is 2.29. The van der Waals surface area contributed by atoms with Crippen molar-refractivity contribution in [2.75, 3.05) is 6.54 Å². The molecule has 0 radical (unpaired) electrons. The Balaban J connectivity index is 4.80. The molecule has 0 saturated carbocycles. The Morgan fingerprint density at radius 3 is 2.00 bits per heavy atom. The summed E-state index contributed by atoms with van der Waals surface area (Å²) in [7, 11) is 0. The van der Waals surface area contributed by atoms with Crippen molar-refractivity contribution in [2.45, 2.75) is 58.2 Å². The fraction of sp³-hybridized carbons (Fsp3) is 0.688. The van der Waals surface area contributed by atoms with Gasteiger partial charge in [-0.25, -0.2) is 0 Å². The normalized spacial score (nSPS) is 15.0. The summed E-state index contributed by atoms with van der Waals surface area (Å²) >= 11 is 0. The van der Waals surface area contributed by atoms with Crippen LogP contribution in [0.25, 0.3) is 0 Å². The Hall–Kier alpha value is -2.69. The van der Waals surface area contributed by atoms with Crippen LogP contribution in [0.4, 0.5) is 0 Å². The van der Waals surface area contributed by atoms with E-state index in [1.165, 1.54) is 6.92 Å². The molecule has 0 aliphatic heterocycles. The number of rotatable bonds is 12. The fourth-order valence-electron chi connectivity index (χ4n) is 2.05. The third-order valence-corrected chi connectivity index (χ3v) is 3.97. The molecule has 154 valence electrons.